The predicted octanol–water partition coefficient (Wildman–Crippen LogP) is 5.13. The number of hydrogen-bond acceptors (Lipinski definition) is 4. The van der Waals surface area contributed by atoms with Crippen molar-refractivity contribution in [2.24, 2.45) is 0 Å². The first-order valence-electron chi connectivity index (χ1n) is 10.1. The maximum absolute atomic E-state index is 6.02. The SMILES string of the molecule is COc1ccc(CNCCC2(c3ccccc3)CCOC(C)(C)C2)cc1OC.Cl. The van der Waals surface area contributed by atoms with Crippen LogP contribution in [0.3, 0.4) is 0 Å². The van der Waals surface area contributed by atoms with E-state index in [-0.39, 0.29) is 23.4 Å². The highest BCUT2D eigenvalue weighted by Gasteiger charge is 2.41. The first kappa shape index (κ1) is 23.5. The molecule has 0 radical (unpaired) electrons. The Labute approximate surface area is 181 Å². The zero-order valence-corrected chi connectivity index (χ0v) is 18.8. The summed E-state index contributed by atoms with van der Waals surface area (Å²) in [6, 6.07) is 17.0. The molecule has 0 aliphatic carbocycles. The van der Waals surface area contributed by atoms with Gasteiger partial charge in [0.2, 0.25) is 0 Å². The summed E-state index contributed by atoms with van der Waals surface area (Å²) in [6.45, 7) is 7.00. The maximum atomic E-state index is 6.02. The molecular weight excluding hydrogens is 386 g/mol. The van der Waals surface area contributed by atoms with Crippen LogP contribution in [0.15, 0.2) is 48.5 Å². The van der Waals surface area contributed by atoms with Gasteiger partial charge >= 0.3 is 0 Å². The number of ether oxygens (including phenoxy) is 3. The maximum Gasteiger partial charge on any atom is 0.161 e. The van der Waals surface area contributed by atoms with Crippen LogP contribution in [0.25, 0.3) is 0 Å². The third-order valence-corrected chi connectivity index (χ3v) is 5.78. The van der Waals surface area contributed by atoms with E-state index in [0.717, 1.165) is 50.5 Å². The Morgan fingerprint density at radius 3 is 2.38 bits per heavy atom. The van der Waals surface area contributed by atoms with Gasteiger partial charge < -0.3 is 19.5 Å². The molecule has 0 spiro atoms. The number of nitrogens with one attached hydrogen (secondary N) is 1. The lowest BCUT2D eigenvalue weighted by Gasteiger charge is -2.45. The molecular formula is C24H34ClNO3. The van der Waals surface area contributed by atoms with Crippen LogP contribution in [0.5, 0.6) is 11.5 Å². The van der Waals surface area contributed by atoms with Crippen molar-refractivity contribution in [3.8, 4) is 11.5 Å². The monoisotopic (exact) mass is 419 g/mol. The number of benzene rings is 2. The van der Waals surface area contributed by atoms with E-state index in [0.29, 0.717) is 0 Å². The van der Waals surface area contributed by atoms with Gasteiger partial charge in [0.1, 0.15) is 0 Å². The van der Waals surface area contributed by atoms with Crippen molar-refractivity contribution in [1.82, 2.24) is 5.32 Å². The molecule has 0 bridgehead atoms. The van der Waals surface area contributed by atoms with E-state index < -0.39 is 0 Å². The van der Waals surface area contributed by atoms with Gasteiger partial charge in [0.15, 0.2) is 11.5 Å². The van der Waals surface area contributed by atoms with Crippen molar-refractivity contribution >= 4 is 12.4 Å². The van der Waals surface area contributed by atoms with Crippen molar-refractivity contribution in [1.29, 1.82) is 0 Å². The van der Waals surface area contributed by atoms with Gasteiger partial charge in [-0.3, -0.25) is 0 Å². The third-order valence-electron chi connectivity index (χ3n) is 5.78. The largest absolute Gasteiger partial charge is 0.493 e. The standard InChI is InChI=1S/C24H33NO3.ClH/c1-23(2)18-24(13-15-28-23,20-8-6-5-7-9-20)12-14-25-17-19-10-11-21(26-3)22(16-19)27-4;/h5-11,16,25H,12-15,17-18H2,1-4H3;1H. The zero-order chi connectivity index (χ0) is 20.0. The molecule has 160 valence electrons. The number of methoxy groups -OCH3 is 2. The molecule has 1 N–H and O–H groups in total. The van der Waals surface area contributed by atoms with Gasteiger partial charge in [0.25, 0.3) is 0 Å². The van der Waals surface area contributed by atoms with E-state index in [1.807, 2.05) is 12.1 Å². The first-order valence-corrected chi connectivity index (χ1v) is 10.1. The summed E-state index contributed by atoms with van der Waals surface area (Å²) < 4.78 is 16.7. The minimum atomic E-state index is -0.0859. The molecule has 1 atom stereocenters. The topological polar surface area (TPSA) is 39.7 Å². The Balaban J connectivity index is 0.00000300. The van der Waals surface area contributed by atoms with Crippen LogP contribution < -0.4 is 14.8 Å². The van der Waals surface area contributed by atoms with Gasteiger partial charge in [-0.15, -0.1) is 12.4 Å². The second-order valence-electron chi connectivity index (χ2n) is 8.30. The lowest BCUT2D eigenvalue weighted by Crippen LogP contribution is -2.45. The van der Waals surface area contributed by atoms with Crippen molar-refractivity contribution in [2.75, 3.05) is 27.4 Å². The first-order chi connectivity index (χ1) is 13.5. The average molecular weight is 420 g/mol. The molecule has 1 heterocycles. The molecule has 0 amide bonds. The smallest absolute Gasteiger partial charge is 0.161 e. The normalized spacial score (nSPS) is 20.6. The van der Waals surface area contributed by atoms with E-state index in [1.165, 1.54) is 11.1 Å². The number of rotatable bonds is 8. The molecule has 2 aromatic carbocycles. The minimum absolute atomic E-state index is 0. The summed E-state index contributed by atoms with van der Waals surface area (Å²) in [7, 11) is 3.33. The Morgan fingerprint density at radius 1 is 1.00 bits per heavy atom. The molecule has 0 aromatic heterocycles. The fourth-order valence-electron chi connectivity index (χ4n) is 4.42. The molecule has 1 saturated heterocycles. The highest BCUT2D eigenvalue weighted by molar-refractivity contribution is 5.85. The number of halogens is 1. The van der Waals surface area contributed by atoms with Gasteiger partial charge in [-0.05, 0) is 62.9 Å². The quantitative estimate of drug-likeness (QED) is 0.602. The van der Waals surface area contributed by atoms with Crippen LogP contribution >= 0.6 is 12.4 Å². The van der Waals surface area contributed by atoms with Crippen molar-refractivity contribution in [2.45, 2.75) is 50.7 Å². The van der Waals surface area contributed by atoms with E-state index in [1.54, 1.807) is 14.2 Å². The molecule has 1 aliphatic rings. The highest BCUT2D eigenvalue weighted by atomic mass is 35.5. The van der Waals surface area contributed by atoms with Crippen LogP contribution in [-0.2, 0) is 16.7 Å². The predicted molar refractivity (Wildman–Crippen MR) is 121 cm³/mol. The zero-order valence-electron chi connectivity index (χ0n) is 18.0. The van der Waals surface area contributed by atoms with E-state index in [2.05, 4.69) is 55.6 Å². The Kier molecular flexibility index (Phi) is 8.38. The van der Waals surface area contributed by atoms with Gasteiger partial charge in [0.05, 0.1) is 19.8 Å². The Hall–Kier alpha value is -1.75. The summed E-state index contributed by atoms with van der Waals surface area (Å²) in [6.07, 6.45) is 3.21. The molecule has 0 saturated carbocycles. The minimum Gasteiger partial charge on any atom is -0.493 e. The Morgan fingerprint density at radius 2 is 1.72 bits per heavy atom. The van der Waals surface area contributed by atoms with Crippen molar-refractivity contribution in [3.05, 3.63) is 59.7 Å². The lowest BCUT2D eigenvalue weighted by molar-refractivity contribution is -0.0840. The van der Waals surface area contributed by atoms with E-state index >= 15 is 0 Å². The molecule has 1 fully saturated rings. The summed E-state index contributed by atoms with van der Waals surface area (Å²) in [5, 5.41) is 3.62. The van der Waals surface area contributed by atoms with Crippen LogP contribution in [0, 0.1) is 0 Å². The second-order valence-corrected chi connectivity index (χ2v) is 8.30. The molecule has 1 aliphatic heterocycles. The fourth-order valence-corrected chi connectivity index (χ4v) is 4.42. The van der Waals surface area contributed by atoms with E-state index in [9.17, 15) is 0 Å². The van der Waals surface area contributed by atoms with Crippen LogP contribution in [0.2, 0.25) is 0 Å². The highest BCUT2D eigenvalue weighted by Crippen LogP contribution is 2.43. The third kappa shape index (κ3) is 5.88. The Bertz CT molecular complexity index is 766. The van der Waals surface area contributed by atoms with Crippen LogP contribution in [0.4, 0.5) is 0 Å². The molecule has 3 rings (SSSR count). The van der Waals surface area contributed by atoms with Crippen LogP contribution in [0.1, 0.15) is 44.2 Å². The summed E-state index contributed by atoms with van der Waals surface area (Å²) in [5.74, 6) is 1.53. The summed E-state index contributed by atoms with van der Waals surface area (Å²) in [5.41, 5.74) is 2.70. The molecule has 5 heteroatoms. The summed E-state index contributed by atoms with van der Waals surface area (Å²) >= 11 is 0. The lowest BCUT2D eigenvalue weighted by atomic mass is 9.67. The molecule has 1 unspecified atom stereocenters. The van der Waals surface area contributed by atoms with Gasteiger partial charge in [-0.25, -0.2) is 0 Å². The fraction of sp³-hybridized carbons (Fsp3) is 0.500. The molecule has 4 nitrogen and oxygen atoms in total. The second kappa shape index (κ2) is 10.3. The number of hydrogen-bond donors (Lipinski definition) is 1. The van der Waals surface area contributed by atoms with Crippen molar-refractivity contribution < 1.29 is 14.2 Å². The average Bonchev–Trinajstić information content (AvgIpc) is 2.71. The molecule has 2 aromatic rings. The summed E-state index contributed by atoms with van der Waals surface area (Å²) in [4.78, 5) is 0. The van der Waals surface area contributed by atoms with Crippen LogP contribution in [-0.4, -0.2) is 33.0 Å². The van der Waals surface area contributed by atoms with Gasteiger partial charge in [-0.1, -0.05) is 36.4 Å². The van der Waals surface area contributed by atoms with Crippen molar-refractivity contribution in [3.63, 3.8) is 0 Å². The van der Waals surface area contributed by atoms with Gasteiger partial charge in [0, 0.05) is 18.6 Å². The van der Waals surface area contributed by atoms with E-state index in [4.69, 9.17) is 14.2 Å². The van der Waals surface area contributed by atoms with Gasteiger partial charge in [-0.2, -0.15) is 0 Å². The molecule has 29 heavy (non-hydrogen) atoms.